The van der Waals surface area contributed by atoms with E-state index in [4.69, 9.17) is 0 Å². The van der Waals surface area contributed by atoms with Crippen LogP contribution in [0, 0.1) is 0 Å². The van der Waals surface area contributed by atoms with Gasteiger partial charge in [-0.2, -0.15) is 0 Å². The van der Waals surface area contributed by atoms with E-state index in [2.05, 4.69) is 54.0 Å². The Kier molecular flexibility index (Phi) is 5.94. The van der Waals surface area contributed by atoms with E-state index in [-0.39, 0.29) is 11.9 Å². The number of fused-ring (bicyclic) bond motifs is 1. The summed E-state index contributed by atoms with van der Waals surface area (Å²) in [6.45, 7) is 2.08. The number of thiophene rings is 1. The second-order valence-electron chi connectivity index (χ2n) is 5.91. The van der Waals surface area contributed by atoms with Gasteiger partial charge in [0.05, 0.1) is 5.75 Å². The Morgan fingerprint density at radius 1 is 1.12 bits per heavy atom. The summed E-state index contributed by atoms with van der Waals surface area (Å²) in [5.41, 5.74) is 2.58. The monoisotopic (exact) mass is 355 g/mol. The fraction of sp³-hybridized carbons (Fsp3) is 0.250. The van der Waals surface area contributed by atoms with Crippen LogP contribution in [0.3, 0.4) is 0 Å². The summed E-state index contributed by atoms with van der Waals surface area (Å²) in [7, 11) is 0. The van der Waals surface area contributed by atoms with Gasteiger partial charge in [-0.1, -0.05) is 48.5 Å². The van der Waals surface area contributed by atoms with Crippen molar-refractivity contribution in [2.45, 2.75) is 25.1 Å². The lowest BCUT2D eigenvalue weighted by atomic mass is 10.1. The Labute approximate surface area is 151 Å². The Morgan fingerprint density at radius 3 is 2.71 bits per heavy atom. The first kappa shape index (κ1) is 17.1. The predicted octanol–water partition coefficient (Wildman–Crippen LogP) is 4.88. The highest BCUT2D eigenvalue weighted by Gasteiger charge is 2.11. The van der Waals surface area contributed by atoms with Crippen molar-refractivity contribution in [1.82, 2.24) is 5.32 Å². The molecule has 0 saturated heterocycles. The largest absolute Gasteiger partial charge is 0.353 e. The van der Waals surface area contributed by atoms with Gasteiger partial charge in [0.25, 0.3) is 0 Å². The molecule has 0 aliphatic heterocycles. The van der Waals surface area contributed by atoms with Crippen LogP contribution in [0.1, 0.15) is 18.1 Å². The van der Waals surface area contributed by atoms with Crippen molar-refractivity contribution >= 4 is 39.1 Å². The van der Waals surface area contributed by atoms with Gasteiger partial charge < -0.3 is 5.32 Å². The molecule has 24 heavy (non-hydrogen) atoms. The lowest BCUT2D eigenvalue weighted by Crippen LogP contribution is -2.35. The van der Waals surface area contributed by atoms with E-state index in [0.29, 0.717) is 5.75 Å². The zero-order valence-electron chi connectivity index (χ0n) is 13.7. The number of carbonyl (C=O) groups excluding carboxylic acids is 1. The van der Waals surface area contributed by atoms with Crippen LogP contribution >= 0.6 is 23.1 Å². The van der Waals surface area contributed by atoms with E-state index in [1.807, 2.05) is 18.2 Å². The van der Waals surface area contributed by atoms with Crippen molar-refractivity contribution in [3.05, 3.63) is 71.1 Å². The Hall–Kier alpha value is -1.78. The molecule has 124 valence electrons. The molecule has 0 radical (unpaired) electrons. The first-order chi connectivity index (χ1) is 11.7. The third-order valence-corrected chi connectivity index (χ3v) is 5.86. The zero-order valence-corrected chi connectivity index (χ0v) is 15.3. The summed E-state index contributed by atoms with van der Waals surface area (Å²) < 4.78 is 1.31. The standard InChI is InChI=1S/C20H21NOS2/c1-15(11-17-13-24-19-10-6-5-9-18(17)19)21-20(22)14-23-12-16-7-3-2-4-8-16/h2-10,13,15H,11-12,14H2,1H3,(H,21,22). The highest BCUT2D eigenvalue weighted by atomic mass is 32.2. The molecule has 0 saturated carbocycles. The number of amides is 1. The molecule has 1 amide bonds. The number of carbonyl (C=O) groups is 1. The quantitative estimate of drug-likeness (QED) is 0.654. The molecule has 3 aromatic rings. The molecule has 4 heteroatoms. The van der Waals surface area contributed by atoms with Crippen LogP contribution in [0.25, 0.3) is 10.1 Å². The van der Waals surface area contributed by atoms with Crippen molar-refractivity contribution in [3.63, 3.8) is 0 Å². The molecule has 1 N–H and O–H groups in total. The van der Waals surface area contributed by atoms with Gasteiger partial charge in [-0.3, -0.25) is 4.79 Å². The summed E-state index contributed by atoms with van der Waals surface area (Å²) in [6, 6.07) is 18.8. The maximum absolute atomic E-state index is 12.1. The van der Waals surface area contributed by atoms with Crippen molar-refractivity contribution in [3.8, 4) is 0 Å². The van der Waals surface area contributed by atoms with Gasteiger partial charge in [0.1, 0.15) is 0 Å². The molecule has 1 unspecified atom stereocenters. The topological polar surface area (TPSA) is 29.1 Å². The average molecular weight is 356 g/mol. The second-order valence-corrected chi connectivity index (χ2v) is 7.81. The molecule has 0 spiro atoms. The van der Waals surface area contributed by atoms with E-state index < -0.39 is 0 Å². The number of rotatable bonds is 7. The lowest BCUT2D eigenvalue weighted by Gasteiger charge is -2.13. The molecule has 0 aliphatic carbocycles. The third-order valence-electron chi connectivity index (χ3n) is 3.84. The van der Waals surface area contributed by atoms with Crippen LogP contribution in [-0.2, 0) is 17.0 Å². The third kappa shape index (κ3) is 4.62. The van der Waals surface area contributed by atoms with Gasteiger partial charge in [0.15, 0.2) is 0 Å². The summed E-state index contributed by atoms with van der Waals surface area (Å²) >= 11 is 3.43. The maximum atomic E-state index is 12.1. The summed E-state index contributed by atoms with van der Waals surface area (Å²) in [4.78, 5) is 12.1. The van der Waals surface area contributed by atoms with Gasteiger partial charge in [0.2, 0.25) is 5.91 Å². The van der Waals surface area contributed by atoms with Gasteiger partial charge in [-0.25, -0.2) is 0 Å². The van der Waals surface area contributed by atoms with Gasteiger partial charge in [0, 0.05) is 16.5 Å². The van der Waals surface area contributed by atoms with Crippen LogP contribution < -0.4 is 5.32 Å². The van der Waals surface area contributed by atoms with Gasteiger partial charge in [-0.05, 0) is 41.3 Å². The first-order valence-electron chi connectivity index (χ1n) is 8.08. The van der Waals surface area contributed by atoms with E-state index in [0.717, 1.165) is 12.2 Å². The molecule has 1 atom stereocenters. The van der Waals surface area contributed by atoms with E-state index in [1.54, 1.807) is 23.1 Å². The van der Waals surface area contributed by atoms with Crippen molar-refractivity contribution in [1.29, 1.82) is 0 Å². The van der Waals surface area contributed by atoms with Crippen molar-refractivity contribution in [2.75, 3.05) is 5.75 Å². The zero-order chi connectivity index (χ0) is 16.8. The second kappa shape index (κ2) is 8.36. The van der Waals surface area contributed by atoms with Crippen molar-refractivity contribution in [2.24, 2.45) is 0 Å². The number of benzene rings is 2. The minimum atomic E-state index is 0.114. The van der Waals surface area contributed by atoms with E-state index in [9.17, 15) is 4.79 Å². The maximum Gasteiger partial charge on any atom is 0.230 e. The normalized spacial score (nSPS) is 12.2. The average Bonchev–Trinajstić information content (AvgIpc) is 2.99. The van der Waals surface area contributed by atoms with Crippen LogP contribution in [-0.4, -0.2) is 17.7 Å². The van der Waals surface area contributed by atoms with Crippen molar-refractivity contribution < 1.29 is 4.79 Å². The molecule has 0 bridgehead atoms. The summed E-state index contributed by atoms with van der Waals surface area (Å²) in [5, 5.41) is 6.63. The van der Waals surface area contributed by atoms with Crippen LogP contribution in [0.4, 0.5) is 0 Å². The predicted molar refractivity (Wildman–Crippen MR) is 106 cm³/mol. The molecular weight excluding hydrogens is 334 g/mol. The highest BCUT2D eigenvalue weighted by molar-refractivity contribution is 7.99. The highest BCUT2D eigenvalue weighted by Crippen LogP contribution is 2.26. The number of nitrogens with one attached hydrogen (secondary N) is 1. The van der Waals surface area contributed by atoms with Crippen LogP contribution in [0.2, 0.25) is 0 Å². The first-order valence-corrected chi connectivity index (χ1v) is 10.1. The Balaban J connectivity index is 1.46. The van der Waals surface area contributed by atoms with Gasteiger partial charge >= 0.3 is 0 Å². The van der Waals surface area contributed by atoms with E-state index >= 15 is 0 Å². The molecule has 3 rings (SSSR count). The molecule has 0 fully saturated rings. The molecule has 1 aromatic heterocycles. The van der Waals surface area contributed by atoms with Gasteiger partial charge in [-0.15, -0.1) is 23.1 Å². The minimum absolute atomic E-state index is 0.114. The lowest BCUT2D eigenvalue weighted by molar-refractivity contribution is -0.119. The molecule has 2 nitrogen and oxygen atoms in total. The van der Waals surface area contributed by atoms with Crippen LogP contribution in [0.5, 0.6) is 0 Å². The fourth-order valence-electron chi connectivity index (χ4n) is 2.72. The molecule has 2 aromatic carbocycles. The molecule has 0 aliphatic rings. The summed E-state index contributed by atoms with van der Waals surface area (Å²) in [5.74, 6) is 1.49. The minimum Gasteiger partial charge on any atom is -0.353 e. The molecular formula is C20H21NOS2. The smallest absolute Gasteiger partial charge is 0.230 e. The number of hydrogen-bond donors (Lipinski definition) is 1. The number of hydrogen-bond acceptors (Lipinski definition) is 3. The summed E-state index contributed by atoms with van der Waals surface area (Å²) in [6.07, 6.45) is 0.874. The Morgan fingerprint density at radius 2 is 1.88 bits per heavy atom. The number of thioether (sulfide) groups is 1. The molecule has 1 heterocycles. The van der Waals surface area contributed by atoms with E-state index in [1.165, 1.54) is 21.2 Å². The fourth-order valence-corrected chi connectivity index (χ4v) is 4.50. The van der Waals surface area contributed by atoms with Crippen LogP contribution in [0.15, 0.2) is 60.0 Å². The Bertz CT molecular complexity index is 798. The SMILES string of the molecule is CC(Cc1csc2ccccc12)NC(=O)CSCc1ccccc1.